The molecule has 128 valence electrons. The molecule has 1 amide bonds. The average Bonchev–Trinajstić information content (AvgIpc) is 2.99. The second-order valence-electron chi connectivity index (χ2n) is 4.58. The van der Waals surface area contributed by atoms with E-state index in [4.69, 9.17) is 9.47 Å². The average molecular weight is 351 g/mol. The monoisotopic (exact) mass is 351 g/mol. The van der Waals surface area contributed by atoms with E-state index >= 15 is 0 Å². The lowest BCUT2D eigenvalue weighted by molar-refractivity contribution is -0.118. The number of carbonyl (C=O) groups is 1. The number of aromatic hydroxyl groups is 1. The molecular formula is C14H17N5O4S. The highest BCUT2D eigenvalue weighted by Gasteiger charge is 2.10. The molecule has 0 radical (unpaired) electrons. The zero-order valence-corrected chi connectivity index (χ0v) is 14.2. The summed E-state index contributed by atoms with van der Waals surface area (Å²) in [6.07, 6.45) is 2.99. The maximum absolute atomic E-state index is 11.7. The number of thioether (sulfide) groups is 1. The second-order valence-corrected chi connectivity index (χ2v) is 5.52. The molecule has 0 saturated heterocycles. The van der Waals surface area contributed by atoms with Gasteiger partial charge in [-0.3, -0.25) is 4.79 Å². The van der Waals surface area contributed by atoms with Crippen molar-refractivity contribution in [2.24, 2.45) is 12.1 Å². The minimum atomic E-state index is -0.281. The van der Waals surface area contributed by atoms with Crippen LogP contribution in [0.5, 0.6) is 17.2 Å². The van der Waals surface area contributed by atoms with Crippen LogP contribution in [0.1, 0.15) is 5.56 Å². The third-order valence-electron chi connectivity index (χ3n) is 2.91. The van der Waals surface area contributed by atoms with Crippen molar-refractivity contribution >= 4 is 23.9 Å². The van der Waals surface area contributed by atoms with Crippen molar-refractivity contribution < 1.29 is 19.4 Å². The van der Waals surface area contributed by atoms with E-state index in [0.29, 0.717) is 10.7 Å². The highest BCUT2D eigenvalue weighted by Crippen LogP contribution is 2.36. The molecule has 1 heterocycles. The van der Waals surface area contributed by atoms with Crippen molar-refractivity contribution in [3.8, 4) is 17.2 Å². The minimum Gasteiger partial charge on any atom is -0.502 e. The smallest absolute Gasteiger partial charge is 0.250 e. The normalized spacial score (nSPS) is 10.8. The molecule has 0 atom stereocenters. The maximum Gasteiger partial charge on any atom is 0.250 e. The van der Waals surface area contributed by atoms with Crippen LogP contribution in [-0.2, 0) is 11.8 Å². The molecule has 1 aromatic heterocycles. The summed E-state index contributed by atoms with van der Waals surface area (Å²) in [6, 6.07) is 3.14. The number of hydrogen-bond donors (Lipinski definition) is 2. The predicted octanol–water partition coefficient (Wildman–Crippen LogP) is 0.780. The van der Waals surface area contributed by atoms with Crippen LogP contribution in [-0.4, -0.2) is 52.0 Å². The van der Waals surface area contributed by atoms with Gasteiger partial charge < -0.3 is 19.1 Å². The molecule has 0 saturated carbocycles. The van der Waals surface area contributed by atoms with Crippen molar-refractivity contribution in [1.29, 1.82) is 0 Å². The van der Waals surface area contributed by atoms with Crippen LogP contribution in [0.25, 0.3) is 0 Å². The molecular weight excluding hydrogens is 334 g/mol. The standard InChI is InChI=1S/C14H17N5O4S/c1-19-8-16-18-14(19)24-7-12(20)17-15-6-9-4-10(22-2)13(21)11(5-9)23-3/h4-6,8,21H,7H2,1-3H3,(H,17,20)/b15-6+. The van der Waals surface area contributed by atoms with Gasteiger partial charge in [0.25, 0.3) is 5.91 Å². The number of amides is 1. The van der Waals surface area contributed by atoms with Gasteiger partial charge in [0.2, 0.25) is 5.75 Å². The van der Waals surface area contributed by atoms with E-state index in [0.717, 1.165) is 0 Å². The van der Waals surface area contributed by atoms with Crippen molar-refractivity contribution in [3.63, 3.8) is 0 Å². The van der Waals surface area contributed by atoms with Crippen molar-refractivity contribution in [1.82, 2.24) is 20.2 Å². The van der Waals surface area contributed by atoms with E-state index in [1.165, 1.54) is 32.2 Å². The molecule has 2 rings (SSSR count). The number of benzene rings is 1. The van der Waals surface area contributed by atoms with Crippen LogP contribution < -0.4 is 14.9 Å². The molecule has 9 nitrogen and oxygen atoms in total. The SMILES string of the molecule is COc1cc(/C=N/NC(=O)CSc2nncn2C)cc(OC)c1O. The zero-order valence-electron chi connectivity index (χ0n) is 13.4. The molecule has 1 aromatic carbocycles. The van der Waals surface area contributed by atoms with E-state index in [9.17, 15) is 9.90 Å². The molecule has 0 spiro atoms. The van der Waals surface area contributed by atoms with Gasteiger partial charge in [-0.15, -0.1) is 10.2 Å². The number of methoxy groups -OCH3 is 2. The molecule has 0 aliphatic rings. The lowest BCUT2D eigenvalue weighted by atomic mass is 10.2. The van der Waals surface area contributed by atoms with Gasteiger partial charge in [-0.1, -0.05) is 11.8 Å². The fourth-order valence-electron chi connectivity index (χ4n) is 1.73. The lowest BCUT2D eigenvalue weighted by Crippen LogP contribution is -2.19. The summed E-state index contributed by atoms with van der Waals surface area (Å²) in [7, 11) is 4.66. The Labute approximate surface area is 142 Å². The summed E-state index contributed by atoms with van der Waals surface area (Å²) in [4.78, 5) is 11.7. The number of nitrogens with zero attached hydrogens (tertiary/aromatic N) is 4. The summed E-state index contributed by atoms with van der Waals surface area (Å²) >= 11 is 1.25. The Bertz CT molecular complexity index is 722. The van der Waals surface area contributed by atoms with Crippen LogP contribution >= 0.6 is 11.8 Å². The number of ether oxygens (including phenoxy) is 2. The Morgan fingerprint density at radius 2 is 2.08 bits per heavy atom. The first kappa shape index (κ1) is 17.6. The Morgan fingerprint density at radius 1 is 1.42 bits per heavy atom. The first-order chi connectivity index (χ1) is 11.5. The Balaban J connectivity index is 1.93. The van der Waals surface area contributed by atoms with Crippen LogP contribution in [0.4, 0.5) is 0 Å². The molecule has 2 N–H and O–H groups in total. The largest absolute Gasteiger partial charge is 0.502 e. The summed E-state index contributed by atoms with van der Waals surface area (Å²) < 4.78 is 11.8. The van der Waals surface area contributed by atoms with Gasteiger partial charge in [0.1, 0.15) is 6.33 Å². The fraction of sp³-hybridized carbons (Fsp3) is 0.286. The van der Waals surface area contributed by atoms with Crippen LogP contribution in [0, 0.1) is 0 Å². The zero-order chi connectivity index (χ0) is 17.5. The van der Waals surface area contributed by atoms with E-state index in [1.807, 2.05) is 0 Å². The number of hydrogen-bond acceptors (Lipinski definition) is 8. The quantitative estimate of drug-likeness (QED) is 0.431. The third kappa shape index (κ3) is 4.38. The van der Waals surface area contributed by atoms with Gasteiger partial charge in [0.15, 0.2) is 16.7 Å². The number of phenolic OH excluding ortho intramolecular Hbond substituents is 1. The number of phenols is 1. The molecule has 0 unspecified atom stereocenters. The van der Waals surface area contributed by atoms with Crippen molar-refractivity contribution in [2.45, 2.75) is 5.16 Å². The summed E-state index contributed by atoms with van der Waals surface area (Å²) in [5.74, 6) is 0.282. The summed E-state index contributed by atoms with van der Waals surface area (Å²) in [5, 5.41) is 21.9. The molecule has 24 heavy (non-hydrogen) atoms. The number of rotatable bonds is 7. The Kier molecular flexibility index (Phi) is 6.01. The van der Waals surface area contributed by atoms with E-state index in [-0.39, 0.29) is 28.9 Å². The number of nitrogens with one attached hydrogen (secondary N) is 1. The Hall–Kier alpha value is -2.75. The van der Waals surface area contributed by atoms with Gasteiger partial charge in [0.05, 0.1) is 26.2 Å². The highest BCUT2D eigenvalue weighted by atomic mass is 32.2. The maximum atomic E-state index is 11.7. The van der Waals surface area contributed by atoms with Crippen molar-refractivity contribution in [3.05, 3.63) is 24.0 Å². The van der Waals surface area contributed by atoms with Gasteiger partial charge in [0, 0.05) is 12.6 Å². The van der Waals surface area contributed by atoms with Gasteiger partial charge in [-0.25, -0.2) is 5.43 Å². The third-order valence-corrected chi connectivity index (χ3v) is 3.94. The Morgan fingerprint density at radius 3 is 2.62 bits per heavy atom. The molecule has 0 aliphatic carbocycles. The second kappa shape index (κ2) is 8.20. The molecule has 10 heteroatoms. The molecule has 2 aromatic rings. The number of aromatic nitrogens is 3. The van der Waals surface area contributed by atoms with Crippen molar-refractivity contribution in [2.75, 3.05) is 20.0 Å². The van der Waals surface area contributed by atoms with E-state index in [1.54, 1.807) is 30.1 Å². The predicted molar refractivity (Wildman–Crippen MR) is 88.7 cm³/mol. The number of aryl methyl sites for hydroxylation is 1. The van der Waals surface area contributed by atoms with Crippen LogP contribution in [0.2, 0.25) is 0 Å². The topological polar surface area (TPSA) is 111 Å². The van der Waals surface area contributed by atoms with Gasteiger partial charge in [-0.2, -0.15) is 5.10 Å². The van der Waals surface area contributed by atoms with Crippen LogP contribution in [0.15, 0.2) is 28.7 Å². The van der Waals surface area contributed by atoms with E-state index < -0.39 is 0 Å². The molecule has 0 aliphatic heterocycles. The fourth-order valence-corrected chi connectivity index (χ4v) is 2.41. The molecule has 0 bridgehead atoms. The lowest BCUT2D eigenvalue weighted by Gasteiger charge is -2.09. The summed E-state index contributed by atoms with van der Waals surface area (Å²) in [6.45, 7) is 0. The summed E-state index contributed by atoms with van der Waals surface area (Å²) in [5.41, 5.74) is 3.01. The number of carbonyl (C=O) groups excluding carboxylic acids is 1. The van der Waals surface area contributed by atoms with Crippen LogP contribution in [0.3, 0.4) is 0 Å². The first-order valence-corrected chi connectivity index (χ1v) is 7.77. The van der Waals surface area contributed by atoms with Gasteiger partial charge >= 0.3 is 0 Å². The van der Waals surface area contributed by atoms with Gasteiger partial charge in [-0.05, 0) is 12.1 Å². The van der Waals surface area contributed by atoms with E-state index in [2.05, 4.69) is 20.7 Å². The highest BCUT2D eigenvalue weighted by molar-refractivity contribution is 7.99. The number of hydrazone groups is 1. The minimum absolute atomic E-state index is 0.0961. The first-order valence-electron chi connectivity index (χ1n) is 6.78. The molecule has 0 fully saturated rings.